The van der Waals surface area contributed by atoms with E-state index in [1.54, 1.807) is 0 Å². The number of hydrogen-bond acceptors (Lipinski definition) is 2. The smallest absolute Gasteiger partial charge is 0.314 e. The van der Waals surface area contributed by atoms with E-state index in [1.807, 2.05) is 13.8 Å². The minimum absolute atomic E-state index is 0.0838. The van der Waals surface area contributed by atoms with Crippen LogP contribution in [0.5, 0.6) is 0 Å². The highest BCUT2D eigenvalue weighted by Gasteiger charge is 2.28. The molecule has 2 nitrogen and oxygen atoms in total. The van der Waals surface area contributed by atoms with Crippen LogP contribution in [0.2, 0.25) is 0 Å². The summed E-state index contributed by atoms with van der Waals surface area (Å²) in [4.78, 5) is 11.2. The van der Waals surface area contributed by atoms with Crippen LogP contribution >= 0.6 is 0 Å². The quantitative estimate of drug-likeness (QED) is 0.541. The maximum Gasteiger partial charge on any atom is 0.314 e. The summed E-state index contributed by atoms with van der Waals surface area (Å²) in [6.45, 7) is 7.70. The molecular formula is C9H14O2. The van der Waals surface area contributed by atoms with Gasteiger partial charge in [-0.25, -0.2) is 0 Å². The normalized spacial score (nSPS) is 25.5. The van der Waals surface area contributed by atoms with E-state index in [4.69, 9.17) is 4.74 Å². The summed E-state index contributed by atoms with van der Waals surface area (Å²) >= 11 is 0. The van der Waals surface area contributed by atoms with E-state index in [2.05, 4.69) is 6.58 Å². The van der Waals surface area contributed by atoms with E-state index >= 15 is 0 Å². The van der Waals surface area contributed by atoms with Gasteiger partial charge in [-0.1, -0.05) is 20.4 Å². The molecule has 0 amide bonds. The number of carbonyl (C=O) groups excluding carboxylic acids is 1. The molecular weight excluding hydrogens is 140 g/mol. The molecule has 1 heterocycles. The predicted molar refractivity (Wildman–Crippen MR) is 42.8 cm³/mol. The number of hydrogen-bond donors (Lipinski definition) is 0. The Kier molecular flexibility index (Phi) is 2.32. The molecule has 11 heavy (non-hydrogen) atoms. The third kappa shape index (κ3) is 1.82. The number of rotatable bonds is 1. The van der Waals surface area contributed by atoms with Gasteiger partial charge in [-0.15, -0.1) is 0 Å². The molecule has 0 radical (unpaired) electrons. The third-order valence-electron chi connectivity index (χ3n) is 2.09. The molecule has 1 rings (SSSR count). The Morgan fingerprint density at radius 2 is 2.27 bits per heavy atom. The van der Waals surface area contributed by atoms with E-state index < -0.39 is 0 Å². The molecule has 1 saturated heterocycles. The van der Waals surface area contributed by atoms with E-state index in [0.717, 1.165) is 12.8 Å². The zero-order valence-electron chi connectivity index (χ0n) is 7.09. The van der Waals surface area contributed by atoms with E-state index in [9.17, 15) is 4.79 Å². The van der Waals surface area contributed by atoms with Gasteiger partial charge in [0.05, 0.1) is 5.92 Å². The second-order valence-corrected chi connectivity index (χ2v) is 3.35. The summed E-state index contributed by atoms with van der Waals surface area (Å²) in [5.41, 5.74) is 0. The largest absolute Gasteiger partial charge is 0.431 e. The minimum Gasteiger partial charge on any atom is -0.431 e. The van der Waals surface area contributed by atoms with Crippen molar-refractivity contribution in [1.82, 2.24) is 0 Å². The van der Waals surface area contributed by atoms with Crippen LogP contribution in [0.3, 0.4) is 0 Å². The Bertz CT molecular complexity index is 182. The number of cyclic esters (lactones) is 1. The Morgan fingerprint density at radius 1 is 1.64 bits per heavy atom. The highest BCUT2D eigenvalue weighted by Crippen LogP contribution is 2.26. The summed E-state index contributed by atoms with van der Waals surface area (Å²) in [6, 6.07) is 0. The average Bonchev–Trinajstić information content (AvgIpc) is 1.85. The zero-order valence-corrected chi connectivity index (χ0v) is 7.09. The molecule has 0 saturated carbocycles. The molecule has 1 fully saturated rings. The van der Waals surface area contributed by atoms with Crippen molar-refractivity contribution in [3.05, 3.63) is 12.3 Å². The van der Waals surface area contributed by atoms with Gasteiger partial charge < -0.3 is 4.74 Å². The Labute approximate surface area is 67.2 Å². The van der Waals surface area contributed by atoms with Crippen molar-refractivity contribution < 1.29 is 9.53 Å². The van der Waals surface area contributed by atoms with Crippen molar-refractivity contribution in [2.75, 3.05) is 0 Å². The Morgan fingerprint density at radius 3 is 2.73 bits per heavy atom. The van der Waals surface area contributed by atoms with Crippen molar-refractivity contribution in [2.24, 2.45) is 11.8 Å². The van der Waals surface area contributed by atoms with Crippen molar-refractivity contribution in [2.45, 2.75) is 26.7 Å². The lowest BCUT2D eigenvalue weighted by molar-refractivity contribution is -0.149. The van der Waals surface area contributed by atoms with Crippen molar-refractivity contribution in [1.29, 1.82) is 0 Å². The second kappa shape index (κ2) is 3.07. The highest BCUT2D eigenvalue weighted by atomic mass is 16.5. The van der Waals surface area contributed by atoms with Crippen LogP contribution in [0, 0.1) is 11.8 Å². The first-order valence-corrected chi connectivity index (χ1v) is 4.00. The van der Waals surface area contributed by atoms with Crippen LogP contribution in [0.25, 0.3) is 0 Å². The van der Waals surface area contributed by atoms with Crippen LogP contribution < -0.4 is 0 Å². The first-order chi connectivity index (χ1) is 5.11. The van der Waals surface area contributed by atoms with Gasteiger partial charge in [-0.2, -0.15) is 0 Å². The fourth-order valence-electron chi connectivity index (χ4n) is 1.31. The van der Waals surface area contributed by atoms with E-state index in [0.29, 0.717) is 11.7 Å². The van der Waals surface area contributed by atoms with Crippen molar-refractivity contribution in [3.8, 4) is 0 Å². The van der Waals surface area contributed by atoms with Gasteiger partial charge in [-0.3, -0.25) is 4.79 Å². The van der Waals surface area contributed by atoms with Gasteiger partial charge in [0, 0.05) is 6.42 Å². The SMILES string of the molecule is C=C1CCC(C(C)C)C(=O)O1. The molecule has 0 aliphatic carbocycles. The molecule has 0 spiro atoms. The summed E-state index contributed by atoms with van der Waals surface area (Å²) in [5, 5.41) is 0. The lowest BCUT2D eigenvalue weighted by Gasteiger charge is -2.24. The lowest BCUT2D eigenvalue weighted by atomic mass is 9.89. The number of ether oxygens (including phenoxy) is 1. The summed E-state index contributed by atoms with van der Waals surface area (Å²) in [5.74, 6) is 0.985. The number of esters is 1. The molecule has 0 aromatic rings. The van der Waals surface area contributed by atoms with Crippen molar-refractivity contribution >= 4 is 5.97 Å². The number of carbonyl (C=O) groups is 1. The van der Waals surface area contributed by atoms with E-state index in [-0.39, 0.29) is 11.9 Å². The maximum absolute atomic E-state index is 11.2. The van der Waals surface area contributed by atoms with Gasteiger partial charge in [0.2, 0.25) is 0 Å². The summed E-state index contributed by atoms with van der Waals surface area (Å²) in [6.07, 6.45) is 1.73. The van der Waals surface area contributed by atoms with Gasteiger partial charge >= 0.3 is 5.97 Å². The first-order valence-electron chi connectivity index (χ1n) is 4.00. The van der Waals surface area contributed by atoms with Crippen LogP contribution in [0.4, 0.5) is 0 Å². The van der Waals surface area contributed by atoms with Crippen LogP contribution in [-0.2, 0) is 9.53 Å². The topological polar surface area (TPSA) is 26.3 Å². The molecule has 0 aromatic carbocycles. The molecule has 1 aliphatic heterocycles. The van der Waals surface area contributed by atoms with E-state index in [1.165, 1.54) is 0 Å². The van der Waals surface area contributed by atoms with Crippen LogP contribution in [0.15, 0.2) is 12.3 Å². The third-order valence-corrected chi connectivity index (χ3v) is 2.09. The van der Waals surface area contributed by atoms with Crippen molar-refractivity contribution in [3.63, 3.8) is 0 Å². The van der Waals surface area contributed by atoms with Gasteiger partial charge in [0.25, 0.3) is 0 Å². The maximum atomic E-state index is 11.2. The highest BCUT2D eigenvalue weighted by molar-refractivity contribution is 5.74. The molecule has 0 aromatic heterocycles. The molecule has 1 unspecified atom stereocenters. The fourth-order valence-corrected chi connectivity index (χ4v) is 1.31. The van der Waals surface area contributed by atoms with Crippen LogP contribution in [0.1, 0.15) is 26.7 Å². The lowest BCUT2D eigenvalue weighted by Crippen LogP contribution is -2.26. The predicted octanol–water partition coefficient (Wildman–Crippen LogP) is 2.11. The Hall–Kier alpha value is -0.790. The molecule has 1 aliphatic rings. The molecule has 0 N–H and O–H groups in total. The van der Waals surface area contributed by atoms with Gasteiger partial charge in [0.15, 0.2) is 0 Å². The first kappa shape index (κ1) is 8.31. The molecule has 1 atom stereocenters. The second-order valence-electron chi connectivity index (χ2n) is 3.35. The monoisotopic (exact) mass is 154 g/mol. The minimum atomic E-state index is -0.101. The molecule has 62 valence electrons. The average molecular weight is 154 g/mol. The summed E-state index contributed by atoms with van der Waals surface area (Å²) in [7, 11) is 0. The van der Waals surface area contributed by atoms with Gasteiger partial charge in [0.1, 0.15) is 5.76 Å². The van der Waals surface area contributed by atoms with Gasteiger partial charge in [-0.05, 0) is 12.3 Å². The zero-order chi connectivity index (χ0) is 8.43. The Balaban J connectivity index is 2.57. The summed E-state index contributed by atoms with van der Waals surface area (Å²) < 4.78 is 4.93. The fraction of sp³-hybridized carbons (Fsp3) is 0.667. The number of allylic oxidation sites excluding steroid dienone is 1. The van der Waals surface area contributed by atoms with Crippen LogP contribution in [-0.4, -0.2) is 5.97 Å². The standard InChI is InChI=1S/C9H14O2/c1-6(2)8-5-4-7(3)11-9(8)10/h6,8H,3-5H2,1-2H3. The molecule has 2 heteroatoms. The molecule has 0 bridgehead atoms.